The Balaban J connectivity index is 1.86. The van der Waals surface area contributed by atoms with E-state index in [1.54, 1.807) is 6.07 Å². The molecular formula is C23H25FN4O2. The van der Waals surface area contributed by atoms with E-state index in [1.807, 2.05) is 45.0 Å². The molecule has 30 heavy (non-hydrogen) atoms. The zero-order valence-electron chi connectivity index (χ0n) is 17.3. The molecule has 2 aromatic carbocycles. The summed E-state index contributed by atoms with van der Waals surface area (Å²) in [5.41, 5.74) is 14.4. The summed E-state index contributed by atoms with van der Waals surface area (Å²) >= 11 is 0. The van der Waals surface area contributed by atoms with E-state index < -0.39 is 11.7 Å². The SMILES string of the molecule is Cc1cccc(CC(=O)Cc2ccc(-c3nn(C(C)C)c(N)c3C(N)=O)cc2F)c1. The minimum atomic E-state index is -0.729. The van der Waals surface area contributed by atoms with Gasteiger partial charge in [-0.3, -0.25) is 9.59 Å². The average molecular weight is 408 g/mol. The Morgan fingerprint density at radius 3 is 2.47 bits per heavy atom. The van der Waals surface area contributed by atoms with Crippen LogP contribution in [0, 0.1) is 12.7 Å². The van der Waals surface area contributed by atoms with Crippen LogP contribution in [-0.4, -0.2) is 21.5 Å². The van der Waals surface area contributed by atoms with Crippen LogP contribution in [0.2, 0.25) is 0 Å². The average Bonchev–Trinajstić information content (AvgIpc) is 3.01. The van der Waals surface area contributed by atoms with Crippen molar-refractivity contribution in [2.24, 2.45) is 5.73 Å². The zero-order valence-corrected chi connectivity index (χ0v) is 17.3. The third kappa shape index (κ3) is 4.40. The van der Waals surface area contributed by atoms with Crippen molar-refractivity contribution in [3.63, 3.8) is 0 Å². The van der Waals surface area contributed by atoms with Crippen LogP contribution in [0.5, 0.6) is 0 Å². The number of nitrogen functional groups attached to an aromatic ring is 1. The molecule has 1 heterocycles. The predicted molar refractivity (Wildman–Crippen MR) is 115 cm³/mol. The maximum absolute atomic E-state index is 14.8. The van der Waals surface area contributed by atoms with Gasteiger partial charge in [0.2, 0.25) is 0 Å². The van der Waals surface area contributed by atoms with Gasteiger partial charge in [-0.05, 0) is 38.0 Å². The van der Waals surface area contributed by atoms with Crippen molar-refractivity contribution in [3.8, 4) is 11.3 Å². The first-order valence-corrected chi connectivity index (χ1v) is 9.71. The van der Waals surface area contributed by atoms with Crippen molar-refractivity contribution in [2.45, 2.75) is 39.7 Å². The maximum Gasteiger partial charge on any atom is 0.254 e. The lowest BCUT2D eigenvalue weighted by Gasteiger charge is -2.07. The Hall–Kier alpha value is -3.48. The highest BCUT2D eigenvalue weighted by Gasteiger charge is 2.23. The number of rotatable bonds is 7. The number of anilines is 1. The van der Waals surface area contributed by atoms with Crippen molar-refractivity contribution in [2.75, 3.05) is 5.73 Å². The Morgan fingerprint density at radius 2 is 1.87 bits per heavy atom. The molecule has 0 aliphatic rings. The highest BCUT2D eigenvalue weighted by atomic mass is 19.1. The number of hydrogen-bond donors (Lipinski definition) is 2. The van der Waals surface area contributed by atoms with E-state index in [1.165, 1.54) is 16.8 Å². The zero-order chi connectivity index (χ0) is 22.0. The predicted octanol–water partition coefficient (Wildman–Crippen LogP) is 3.61. The van der Waals surface area contributed by atoms with Gasteiger partial charge in [0, 0.05) is 24.4 Å². The van der Waals surface area contributed by atoms with Crippen molar-refractivity contribution in [1.82, 2.24) is 9.78 Å². The number of Topliss-reactive ketones (excluding diaryl/α,β-unsaturated/α-hetero) is 1. The first-order chi connectivity index (χ1) is 14.2. The Kier molecular flexibility index (Phi) is 6.01. The van der Waals surface area contributed by atoms with Gasteiger partial charge in [-0.25, -0.2) is 9.07 Å². The second-order valence-corrected chi connectivity index (χ2v) is 7.70. The summed E-state index contributed by atoms with van der Waals surface area (Å²) in [5.74, 6) is -1.21. The quantitative estimate of drug-likeness (QED) is 0.623. The molecule has 0 spiro atoms. The number of nitrogens with zero attached hydrogens (tertiary/aromatic N) is 2. The van der Waals surface area contributed by atoms with E-state index in [9.17, 15) is 14.0 Å². The summed E-state index contributed by atoms with van der Waals surface area (Å²) in [6, 6.07) is 12.0. The molecule has 1 amide bonds. The molecule has 3 rings (SSSR count). The number of amides is 1. The minimum Gasteiger partial charge on any atom is -0.383 e. The van der Waals surface area contributed by atoms with E-state index in [2.05, 4.69) is 5.10 Å². The number of nitrogens with two attached hydrogens (primary N) is 2. The second kappa shape index (κ2) is 8.49. The highest BCUT2D eigenvalue weighted by Crippen LogP contribution is 2.30. The van der Waals surface area contributed by atoms with Crippen molar-refractivity contribution >= 4 is 17.5 Å². The van der Waals surface area contributed by atoms with E-state index >= 15 is 0 Å². The molecule has 1 aromatic heterocycles. The van der Waals surface area contributed by atoms with Gasteiger partial charge in [0.15, 0.2) is 0 Å². The molecule has 0 saturated heterocycles. The second-order valence-electron chi connectivity index (χ2n) is 7.70. The lowest BCUT2D eigenvalue weighted by molar-refractivity contribution is -0.117. The van der Waals surface area contributed by atoms with Gasteiger partial charge in [-0.1, -0.05) is 42.0 Å². The number of benzene rings is 2. The van der Waals surface area contributed by atoms with Gasteiger partial charge in [0.1, 0.15) is 28.7 Å². The van der Waals surface area contributed by atoms with E-state index in [0.717, 1.165) is 11.1 Å². The van der Waals surface area contributed by atoms with Crippen molar-refractivity contribution in [1.29, 1.82) is 0 Å². The van der Waals surface area contributed by atoms with Crippen LogP contribution in [0.15, 0.2) is 42.5 Å². The smallest absolute Gasteiger partial charge is 0.254 e. The lowest BCUT2D eigenvalue weighted by atomic mass is 9.99. The lowest BCUT2D eigenvalue weighted by Crippen LogP contribution is -2.15. The topological polar surface area (TPSA) is 104 Å². The van der Waals surface area contributed by atoms with E-state index in [0.29, 0.717) is 5.56 Å². The largest absolute Gasteiger partial charge is 0.383 e. The molecule has 0 fully saturated rings. The van der Waals surface area contributed by atoms with Crippen LogP contribution in [0.1, 0.15) is 46.9 Å². The Bertz CT molecular complexity index is 1120. The van der Waals surface area contributed by atoms with Crippen molar-refractivity contribution < 1.29 is 14.0 Å². The normalized spacial score (nSPS) is 11.1. The fraction of sp³-hybridized carbons (Fsp3) is 0.261. The van der Waals surface area contributed by atoms with Gasteiger partial charge < -0.3 is 11.5 Å². The number of carbonyl (C=O) groups excluding carboxylic acids is 2. The number of hydrogen-bond acceptors (Lipinski definition) is 4. The number of halogens is 1. The van der Waals surface area contributed by atoms with Gasteiger partial charge >= 0.3 is 0 Å². The Labute approximate surface area is 174 Å². The Morgan fingerprint density at radius 1 is 1.13 bits per heavy atom. The molecule has 6 nitrogen and oxygen atoms in total. The number of ketones is 1. The molecule has 0 saturated carbocycles. The fourth-order valence-electron chi connectivity index (χ4n) is 3.45. The summed E-state index contributed by atoms with van der Waals surface area (Å²) in [6.45, 7) is 5.68. The molecule has 0 aliphatic carbocycles. The molecule has 3 aromatic rings. The summed E-state index contributed by atoms with van der Waals surface area (Å²) in [7, 11) is 0. The fourth-order valence-corrected chi connectivity index (χ4v) is 3.45. The third-order valence-corrected chi connectivity index (χ3v) is 4.88. The molecular weight excluding hydrogens is 383 g/mol. The summed E-state index contributed by atoms with van der Waals surface area (Å²) in [4.78, 5) is 24.3. The van der Waals surface area contributed by atoms with Crippen LogP contribution in [-0.2, 0) is 17.6 Å². The van der Waals surface area contributed by atoms with Crippen LogP contribution in [0.25, 0.3) is 11.3 Å². The van der Waals surface area contributed by atoms with Crippen LogP contribution < -0.4 is 11.5 Å². The van der Waals surface area contributed by atoms with Crippen LogP contribution >= 0.6 is 0 Å². The number of carbonyl (C=O) groups is 2. The first kappa shape index (κ1) is 21.2. The van der Waals surface area contributed by atoms with Crippen LogP contribution in [0.3, 0.4) is 0 Å². The number of aromatic nitrogens is 2. The molecule has 0 radical (unpaired) electrons. The molecule has 7 heteroatoms. The van der Waals surface area contributed by atoms with Gasteiger partial charge in [-0.2, -0.15) is 5.10 Å². The van der Waals surface area contributed by atoms with Gasteiger partial charge in [0.25, 0.3) is 5.91 Å². The molecule has 0 bridgehead atoms. The van der Waals surface area contributed by atoms with Gasteiger partial charge in [0.05, 0.1) is 0 Å². The maximum atomic E-state index is 14.8. The summed E-state index contributed by atoms with van der Waals surface area (Å²) in [5, 5.41) is 4.35. The van der Waals surface area contributed by atoms with E-state index in [4.69, 9.17) is 11.5 Å². The van der Waals surface area contributed by atoms with Crippen LogP contribution in [0.4, 0.5) is 10.2 Å². The van der Waals surface area contributed by atoms with Gasteiger partial charge in [-0.15, -0.1) is 0 Å². The van der Waals surface area contributed by atoms with Crippen molar-refractivity contribution in [3.05, 3.63) is 70.5 Å². The molecule has 0 aliphatic heterocycles. The number of primary amides is 1. The standard InChI is InChI=1S/C23H25FN4O2/c1-13(2)28-22(25)20(23(26)30)21(27-28)17-8-7-16(19(24)12-17)11-18(29)10-15-6-4-5-14(3)9-15/h4-9,12-13H,10-11,25H2,1-3H3,(H2,26,30). The summed E-state index contributed by atoms with van der Waals surface area (Å²) < 4.78 is 16.2. The van der Waals surface area contributed by atoms with E-state index in [-0.39, 0.29) is 47.3 Å². The molecule has 0 atom stereocenters. The highest BCUT2D eigenvalue weighted by molar-refractivity contribution is 6.03. The summed E-state index contributed by atoms with van der Waals surface area (Å²) in [6.07, 6.45) is 0.218. The monoisotopic (exact) mass is 408 g/mol. The minimum absolute atomic E-state index is 0.0225. The third-order valence-electron chi connectivity index (χ3n) is 4.88. The molecule has 0 unspecified atom stereocenters. The molecule has 156 valence electrons. The number of aryl methyl sites for hydroxylation is 1. The first-order valence-electron chi connectivity index (χ1n) is 9.71. The molecule has 4 N–H and O–H groups in total.